The van der Waals surface area contributed by atoms with Crippen LogP contribution in [-0.2, 0) is 10.8 Å². The first-order chi connectivity index (χ1) is 36.4. The van der Waals surface area contributed by atoms with E-state index in [1.807, 2.05) is 12.1 Å². The summed E-state index contributed by atoms with van der Waals surface area (Å²) < 4.78 is 74.4. The Morgan fingerprint density at radius 3 is 0.961 bits per heavy atom. The minimum atomic E-state index is -2.41. The summed E-state index contributed by atoms with van der Waals surface area (Å²) in [6.45, 7) is 22.4. The molecule has 0 radical (unpaired) electrons. The van der Waals surface area contributed by atoms with Crippen molar-refractivity contribution in [2.24, 2.45) is 10.8 Å². The highest BCUT2D eigenvalue weighted by molar-refractivity contribution is 7.99. The molecule has 0 saturated heterocycles. The fraction of sp³-hybridized carbons (Fsp3) is 0.367. The molecule has 6 rings (SSSR count). The Morgan fingerprint density at radius 1 is 0.364 bits per heavy atom. The molecule has 6 aromatic rings. The first-order valence-corrected chi connectivity index (χ1v) is 27.8. The minimum Gasteiger partial charge on any atom is -0.497 e. The quantitative estimate of drug-likeness (QED) is 0.0375. The lowest BCUT2D eigenvalue weighted by Gasteiger charge is -2.34. The summed E-state index contributed by atoms with van der Waals surface area (Å²) in [5.74, 6) is 4.54. The Bertz CT molecular complexity index is 2860. The third-order valence-corrected chi connectivity index (χ3v) is 15.2. The van der Waals surface area contributed by atoms with E-state index in [0.717, 1.165) is 36.5 Å². The molecule has 0 atom stereocenters. The number of ether oxygens (including phenoxy) is 6. The molecule has 412 valence electrons. The van der Waals surface area contributed by atoms with Crippen LogP contribution in [0.25, 0.3) is 0 Å². The van der Waals surface area contributed by atoms with E-state index >= 15 is 0 Å². The predicted molar refractivity (Wildman–Crippen MR) is 305 cm³/mol. The van der Waals surface area contributed by atoms with Crippen molar-refractivity contribution in [3.63, 3.8) is 0 Å². The molecule has 0 aliphatic carbocycles. The van der Waals surface area contributed by atoms with Crippen LogP contribution in [0.5, 0.6) is 69.0 Å². The van der Waals surface area contributed by atoms with Crippen molar-refractivity contribution >= 4 is 41.5 Å². The fourth-order valence-electron chi connectivity index (χ4n) is 9.10. The first kappa shape index (κ1) is 59.7. The van der Waals surface area contributed by atoms with Crippen LogP contribution in [0.15, 0.2) is 119 Å². The molecule has 0 amide bonds. The lowest BCUT2D eigenvalue weighted by atomic mass is 9.72. The van der Waals surface area contributed by atoms with Gasteiger partial charge in [-0.25, -0.2) is 0 Å². The lowest BCUT2D eigenvalue weighted by molar-refractivity contribution is 0.111. The zero-order chi connectivity index (χ0) is 56.3. The zero-order valence-corrected chi connectivity index (χ0v) is 49.6. The van der Waals surface area contributed by atoms with Gasteiger partial charge in [0, 0.05) is 23.3 Å². The Morgan fingerprint density at radius 2 is 0.662 bits per heavy atom. The SMILES string of the molecule is COc1ccc(OP(Oc2ccc(OC)cc2OC)Oc2ccc(C(C)(C)CC(C)(C)C)cc2Sc2cc(C(C)(C)CC(C)(C)C)ccc2OP(Oc2ccc(C=O)cc2OC)Oc2ccc(C=O)cc2OC)c(OC)c1. The summed E-state index contributed by atoms with van der Waals surface area (Å²) in [4.78, 5) is 25.1. The van der Waals surface area contributed by atoms with Gasteiger partial charge in [0.1, 0.15) is 35.6 Å². The van der Waals surface area contributed by atoms with Gasteiger partial charge in [0.25, 0.3) is 0 Å². The molecule has 6 aromatic carbocycles. The van der Waals surface area contributed by atoms with Crippen LogP contribution < -0.4 is 55.6 Å². The van der Waals surface area contributed by atoms with Crippen molar-refractivity contribution in [2.45, 2.75) is 103 Å². The molecule has 14 nitrogen and oxygen atoms in total. The van der Waals surface area contributed by atoms with E-state index in [-0.39, 0.29) is 44.7 Å². The minimum absolute atomic E-state index is 0.00550. The molecule has 0 N–H and O–H groups in total. The second-order valence-corrected chi connectivity index (χ2v) is 24.8. The van der Waals surface area contributed by atoms with Gasteiger partial charge in [-0.3, -0.25) is 9.59 Å². The summed E-state index contributed by atoms with van der Waals surface area (Å²) in [5.41, 5.74) is 2.29. The van der Waals surface area contributed by atoms with Crippen molar-refractivity contribution in [3.8, 4) is 69.0 Å². The van der Waals surface area contributed by atoms with Crippen LogP contribution >= 0.6 is 29.0 Å². The molecular formula is C60H72O14P2S. The molecule has 0 aliphatic heterocycles. The Labute approximate surface area is 461 Å². The van der Waals surface area contributed by atoms with Crippen LogP contribution in [0, 0.1) is 10.8 Å². The van der Waals surface area contributed by atoms with Crippen LogP contribution in [0.1, 0.15) is 114 Å². The Hall–Kier alpha value is -6.53. The molecule has 17 heteroatoms. The van der Waals surface area contributed by atoms with Crippen LogP contribution in [-0.4, -0.2) is 55.2 Å². The van der Waals surface area contributed by atoms with E-state index in [0.29, 0.717) is 66.9 Å². The summed E-state index contributed by atoms with van der Waals surface area (Å²) in [5, 5.41) is 0. The molecule has 0 saturated carbocycles. The molecule has 0 aliphatic rings. The zero-order valence-electron chi connectivity index (χ0n) is 47.0. The first-order valence-electron chi connectivity index (χ1n) is 24.8. The van der Waals surface area contributed by atoms with Gasteiger partial charge in [-0.15, -0.1) is 0 Å². The molecule has 77 heavy (non-hydrogen) atoms. The number of benzene rings is 6. The highest BCUT2D eigenvalue weighted by atomic mass is 32.2. The largest absolute Gasteiger partial charge is 0.530 e. The third-order valence-electron chi connectivity index (χ3n) is 12.0. The molecule has 0 heterocycles. The maximum atomic E-state index is 11.8. The molecule has 0 unspecified atom stereocenters. The number of rotatable bonds is 26. The van der Waals surface area contributed by atoms with Crippen LogP contribution in [0.2, 0.25) is 0 Å². The van der Waals surface area contributed by atoms with E-state index in [4.69, 9.17) is 55.6 Å². The molecular weight excluding hydrogens is 1040 g/mol. The lowest BCUT2D eigenvalue weighted by Crippen LogP contribution is -2.25. The van der Waals surface area contributed by atoms with Crippen molar-refractivity contribution in [1.29, 1.82) is 0 Å². The van der Waals surface area contributed by atoms with E-state index in [9.17, 15) is 9.59 Å². The smallest absolute Gasteiger partial charge is 0.497 e. The van der Waals surface area contributed by atoms with Gasteiger partial charge in [0.2, 0.25) is 0 Å². The van der Waals surface area contributed by atoms with Crippen molar-refractivity contribution in [2.75, 3.05) is 42.7 Å². The summed E-state index contributed by atoms with van der Waals surface area (Å²) >= 11 is 1.44. The number of carbonyl (C=O) groups excluding carboxylic acids is 2. The van der Waals surface area contributed by atoms with Crippen molar-refractivity contribution in [1.82, 2.24) is 0 Å². The predicted octanol–water partition coefficient (Wildman–Crippen LogP) is 16.5. The van der Waals surface area contributed by atoms with Gasteiger partial charge in [0.05, 0.1) is 52.4 Å². The fourth-order valence-corrected chi connectivity index (χ4v) is 12.4. The van der Waals surface area contributed by atoms with Gasteiger partial charge in [-0.1, -0.05) is 93.1 Å². The second-order valence-electron chi connectivity index (χ2n) is 21.8. The second kappa shape index (κ2) is 25.7. The molecule has 0 bridgehead atoms. The number of hydrogen-bond acceptors (Lipinski definition) is 15. The normalized spacial score (nSPS) is 11.9. The average molecular weight is 1110 g/mol. The van der Waals surface area contributed by atoms with Gasteiger partial charge >= 0.3 is 17.2 Å². The number of methoxy groups -OCH3 is 6. The van der Waals surface area contributed by atoms with Crippen molar-refractivity contribution in [3.05, 3.63) is 131 Å². The van der Waals surface area contributed by atoms with E-state index in [2.05, 4.69) is 93.5 Å². The van der Waals surface area contributed by atoms with Crippen LogP contribution in [0.3, 0.4) is 0 Å². The van der Waals surface area contributed by atoms with E-state index in [1.165, 1.54) is 26.0 Å². The van der Waals surface area contributed by atoms with E-state index < -0.39 is 17.2 Å². The van der Waals surface area contributed by atoms with Crippen molar-refractivity contribution < 1.29 is 65.2 Å². The Balaban J connectivity index is 1.56. The topological polar surface area (TPSA) is 145 Å². The molecule has 0 fully saturated rings. The summed E-state index contributed by atoms with van der Waals surface area (Å²) in [6, 6.07) is 32.3. The summed E-state index contributed by atoms with van der Waals surface area (Å²) in [6.07, 6.45) is 3.18. The van der Waals surface area contributed by atoms with Gasteiger partial charge in [-0.2, -0.15) is 0 Å². The Kier molecular flexibility index (Phi) is 20.0. The average Bonchev–Trinajstić information content (AvgIpc) is 3.38. The molecule has 0 spiro atoms. The number of aldehydes is 2. The highest BCUT2D eigenvalue weighted by Crippen LogP contribution is 2.55. The summed E-state index contributed by atoms with van der Waals surface area (Å²) in [7, 11) is 4.46. The standard InChI is InChI=1S/C60H72O14P2S/c1-57(2,3)37-59(7,8)41-19-25-49(73-75(69-45-23-17-39(35-61)29-51(45)65-13)70-46-24-18-40(36-62)30-52(46)66-14)55(31-41)77-56-32-42(60(9,10)38-58(4,5)6)20-26-50(56)74-76(71-47-27-21-43(63-11)33-53(47)67-15)72-48-28-22-44(64-12)34-54(48)68-16/h17-36H,37-38H2,1-16H3. The molecule has 0 aromatic heterocycles. The number of carbonyl (C=O) groups is 2. The monoisotopic (exact) mass is 1110 g/mol. The van der Waals surface area contributed by atoms with E-state index in [1.54, 1.807) is 101 Å². The maximum Gasteiger partial charge on any atom is 0.530 e. The van der Waals surface area contributed by atoms with Gasteiger partial charge in [-0.05, 0) is 131 Å². The van der Waals surface area contributed by atoms with Crippen LogP contribution in [0.4, 0.5) is 0 Å². The highest BCUT2D eigenvalue weighted by Gasteiger charge is 2.33. The number of hydrogen-bond donors (Lipinski definition) is 0. The third kappa shape index (κ3) is 16.3. The van der Waals surface area contributed by atoms with Gasteiger partial charge in [0.15, 0.2) is 46.0 Å². The maximum absolute atomic E-state index is 11.8. The van der Waals surface area contributed by atoms with Gasteiger partial charge < -0.3 is 55.6 Å².